The highest BCUT2D eigenvalue weighted by Gasteiger charge is 2.43. The molecule has 1 fully saturated rings. The van der Waals surface area contributed by atoms with Crippen molar-refractivity contribution in [1.82, 2.24) is 4.90 Å². The standard InChI is InChI=1S/C17H20F3NO4/c1-16(2,3)25-15(24)21-12(8-9-13(21)14(22)23)10-4-6-11(7-5-10)17(18,19)20/h4-7,12-13H,8-9H2,1-3H3,(H,22,23)/t12-,13-/m0/s1. The summed E-state index contributed by atoms with van der Waals surface area (Å²) in [6, 6.07) is 2.69. The number of ether oxygens (including phenoxy) is 1. The van der Waals surface area contributed by atoms with Gasteiger partial charge in [-0.3, -0.25) is 4.90 Å². The van der Waals surface area contributed by atoms with E-state index in [4.69, 9.17) is 4.74 Å². The quantitative estimate of drug-likeness (QED) is 0.858. The summed E-state index contributed by atoms with van der Waals surface area (Å²) in [5.41, 5.74) is -1.16. The molecule has 1 heterocycles. The van der Waals surface area contributed by atoms with Crippen LogP contribution in [-0.4, -0.2) is 33.7 Å². The summed E-state index contributed by atoms with van der Waals surface area (Å²) in [5.74, 6) is -1.17. The Kier molecular flexibility index (Phi) is 5.02. The Balaban J connectivity index is 2.31. The predicted octanol–water partition coefficient (Wildman–Crippen LogP) is 4.23. The minimum atomic E-state index is -4.46. The van der Waals surface area contributed by atoms with E-state index in [1.165, 1.54) is 12.1 Å². The number of rotatable bonds is 2. The molecule has 0 aromatic heterocycles. The Labute approximate surface area is 143 Å². The minimum absolute atomic E-state index is 0.209. The Hall–Kier alpha value is -2.25. The third-order valence-electron chi connectivity index (χ3n) is 3.90. The van der Waals surface area contributed by atoms with Gasteiger partial charge in [0, 0.05) is 0 Å². The smallest absolute Gasteiger partial charge is 0.416 e. The highest BCUT2D eigenvalue weighted by atomic mass is 19.4. The van der Waals surface area contributed by atoms with Crippen molar-refractivity contribution >= 4 is 12.1 Å². The Bertz CT molecular complexity index is 649. The summed E-state index contributed by atoms with van der Waals surface area (Å²) in [6.45, 7) is 4.97. The molecule has 2 atom stereocenters. The molecular weight excluding hydrogens is 339 g/mol. The number of alkyl halides is 3. The molecule has 25 heavy (non-hydrogen) atoms. The second-order valence-electron chi connectivity index (χ2n) is 6.95. The number of carboxylic acid groups (broad SMARTS) is 1. The van der Waals surface area contributed by atoms with E-state index in [0.717, 1.165) is 17.0 Å². The van der Waals surface area contributed by atoms with Gasteiger partial charge in [0.25, 0.3) is 0 Å². The monoisotopic (exact) mass is 359 g/mol. The summed E-state index contributed by atoms with van der Waals surface area (Å²) in [6.07, 6.45) is -4.70. The molecule has 0 spiro atoms. The number of carbonyl (C=O) groups is 2. The number of halogens is 3. The molecule has 138 valence electrons. The van der Waals surface area contributed by atoms with Crippen molar-refractivity contribution < 1.29 is 32.6 Å². The molecule has 0 saturated carbocycles. The molecule has 0 radical (unpaired) electrons. The molecule has 0 bridgehead atoms. The van der Waals surface area contributed by atoms with E-state index in [-0.39, 0.29) is 6.42 Å². The molecule has 0 aliphatic carbocycles. The second kappa shape index (κ2) is 6.57. The van der Waals surface area contributed by atoms with E-state index >= 15 is 0 Å². The molecular formula is C17H20F3NO4. The van der Waals surface area contributed by atoms with Crippen LogP contribution in [0.25, 0.3) is 0 Å². The van der Waals surface area contributed by atoms with Crippen LogP contribution in [0.4, 0.5) is 18.0 Å². The van der Waals surface area contributed by atoms with Gasteiger partial charge in [0.1, 0.15) is 11.6 Å². The number of hydrogen-bond donors (Lipinski definition) is 1. The number of amides is 1. The van der Waals surface area contributed by atoms with Gasteiger partial charge in [-0.15, -0.1) is 0 Å². The van der Waals surface area contributed by atoms with Crippen LogP contribution in [0.5, 0.6) is 0 Å². The first-order chi connectivity index (χ1) is 11.4. The lowest BCUT2D eigenvalue weighted by atomic mass is 10.0. The third kappa shape index (κ3) is 4.43. The molecule has 1 N–H and O–H groups in total. The Morgan fingerprint density at radius 3 is 2.12 bits per heavy atom. The Morgan fingerprint density at radius 1 is 1.12 bits per heavy atom. The molecule has 8 heteroatoms. The molecule has 0 unspecified atom stereocenters. The molecule has 1 aromatic carbocycles. The summed E-state index contributed by atoms with van der Waals surface area (Å²) >= 11 is 0. The second-order valence-corrected chi connectivity index (χ2v) is 6.95. The van der Waals surface area contributed by atoms with E-state index in [0.29, 0.717) is 12.0 Å². The number of carbonyl (C=O) groups excluding carboxylic acids is 1. The zero-order valence-corrected chi connectivity index (χ0v) is 14.1. The fourth-order valence-corrected chi connectivity index (χ4v) is 2.84. The van der Waals surface area contributed by atoms with Gasteiger partial charge in [-0.25, -0.2) is 9.59 Å². The van der Waals surface area contributed by atoms with Gasteiger partial charge in [-0.1, -0.05) is 12.1 Å². The van der Waals surface area contributed by atoms with Crippen LogP contribution in [0, 0.1) is 0 Å². The van der Waals surface area contributed by atoms with Crippen LogP contribution in [-0.2, 0) is 15.7 Å². The van der Waals surface area contributed by atoms with E-state index in [1.807, 2.05) is 0 Å². The molecule has 2 rings (SSSR count). The van der Waals surface area contributed by atoms with Gasteiger partial charge in [0.15, 0.2) is 0 Å². The lowest BCUT2D eigenvalue weighted by Crippen LogP contribution is -2.44. The van der Waals surface area contributed by atoms with E-state index in [9.17, 15) is 27.9 Å². The molecule has 1 aliphatic heterocycles. The van der Waals surface area contributed by atoms with Crippen molar-refractivity contribution in [3.05, 3.63) is 35.4 Å². The maximum atomic E-state index is 12.7. The maximum absolute atomic E-state index is 12.7. The topological polar surface area (TPSA) is 66.8 Å². The fraction of sp³-hybridized carbons (Fsp3) is 0.529. The summed E-state index contributed by atoms with van der Waals surface area (Å²) in [5, 5.41) is 9.35. The molecule has 1 saturated heterocycles. The van der Waals surface area contributed by atoms with Crippen LogP contribution in [0.15, 0.2) is 24.3 Å². The van der Waals surface area contributed by atoms with E-state index in [1.54, 1.807) is 20.8 Å². The molecule has 5 nitrogen and oxygen atoms in total. The number of hydrogen-bond acceptors (Lipinski definition) is 3. The van der Waals surface area contributed by atoms with E-state index in [2.05, 4.69) is 0 Å². The zero-order valence-electron chi connectivity index (χ0n) is 14.1. The average molecular weight is 359 g/mol. The lowest BCUT2D eigenvalue weighted by molar-refractivity contribution is -0.142. The van der Waals surface area contributed by atoms with Crippen molar-refractivity contribution in [2.45, 2.75) is 57.5 Å². The van der Waals surface area contributed by atoms with Gasteiger partial charge in [-0.2, -0.15) is 13.2 Å². The molecule has 1 amide bonds. The van der Waals surface area contributed by atoms with Gasteiger partial charge < -0.3 is 9.84 Å². The summed E-state index contributed by atoms with van der Waals surface area (Å²) in [4.78, 5) is 25.0. The first-order valence-corrected chi connectivity index (χ1v) is 7.81. The largest absolute Gasteiger partial charge is 0.480 e. The zero-order chi connectivity index (χ0) is 19.0. The van der Waals surface area contributed by atoms with Crippen LogP contribution in [0.2, 0.25) is 0 Å². The lowest BCUT2D eigenvalue weighted by Gasteiger charge is -2.31. The van der Waals surface area contributed by atoms with Gasteiger partial charge >= 0.3 is 18.2 Å². The fourth-order valence-electron chi connectivity index (χ4n) is 2.84. The normalized spacial score (nSPS) is 21.3. The van der Waals surface area contributed by atoms with Gasteiger partial charge in [-0.05, 0) is 51.3 Å². The minimum Gasteiger partial charge on any atom is -0.480 e. The van der Waals surface area contributed by atoms with E-state index < -0.39 is 41.5 Å². The van der Waals surface area contributed by atoms with Crippen LogP contribution in [0.1, 0.15) is 50.8 Å². The number of aliphatic carboxylic acids is 1. The van der Waals surface area contributed by atoms with Gasteiger partial charge in [0.2, 0.25) is 0 Å². The predicted molar refractivity (Wildman–Crippen MR) is 82.9 cm³/mol. The van der Waals surface area contributed by atoms with Crippen LogP contribution in [0.3, 0.4) is 0 Å². The first kappa shape index (κ1) is 19.1. The van der Waals surface area contributed by atoms with Crippen LogP contribution >= 0.6 is 0 Å². The molecule has 1 aromatic rings. The maximum Gasteiger partial charge on any atom is 0.416 e. The third-order valence-corrected chi connectivity index (χ3v) is 3.90. The molecule has 1 aliphatic rings. The van der Waals surface area contributed by atoms with Crippen molar-refractivity contribution in [2.24, 2.45) is 0 Å². The highest BCUT2D eigenvalue weighted by molar-refractivity contribution is 5.81. The van der Waals surface area contributed by atoms with Crippen molar-refractivity contribution in [2.75, 3.05) is 0 Å². The number of nitrogens with zero attached hydrogens (tertiary/aromatic N) is 1. The van der Waals surface area contributed by atoms with Crippen molar-refractivity contribution in [1.29, 1.82) is 0 Å². The average Bonchev–Trinajstić information content (AvgIpc) is 2.89. The number of likely N-dealkylation sites (tertiary alicyclic amines) is 1. The Morgan fingerprint density at radius 2 is 1.68 bits per heavy atom. The van der Waals surface area contributed by atoms with Crippen LogP contribution < -0.4 is 0 Å². The SMILES string of the molecule is CC(C)(C)OC(=O)N1[C@H](C(=O)O)CC[C@H]1c1ccc(C(F)(F)F)cc1. The number of carboxylic acids is 1. The van der Waals surface area contributed by atoms with Gasteiger partial charge in [0.05, 0.1) is 11.6 Å². The summed E-state index contributed by atoms with van der Waals surface area (Å²) < 4.78 is 43.4. The van der Waals surface area contributed by atoms with Crippen molar-refractivity contribution in [3.63, 3.8) is 0 Å². The first-order valence-electron chi connectivity index (χ1n) is 7.81. The van der Waals surface area contributed by atoms with Crippen molar-refractivity contribution in [3.8, 4) is 0 Å². The summed E-state index contributed by atoms with van der Waals surface area (Å²) in [7, 11) is 0. The highest BCUT2D eigenvalue weighted by Crippen LogP contribution is 2.38. The number of benzene rings is 1.